The second kappa shape index (κ2) is 11.7. The van der Waals surface area contributed by atoms with Crippen LogP contribution in [0.25, 0.3) is 0 Å². The second-order valence-electron chi connectivity index (χ2n) is 7.85. The van der Waals surface area contributed by atoms with Crippen molar-refractivity contribution in [1.29, 1.82) is 0 Å². The quantitative estimate of drug-likeness (QED) is 0.284. The van der Waals surface area contributed by atoms with E-state index in [0.717, 1.165) is 25.3 Å². The number of nitrogens with zero attached hydrogens (tertiary/aromatic N) is 4. The van der Waals surface area contributed by atoms with Gasteiger partial charge >= 0.3 is 0 Å². The molecule has 1 aromatic rings. The number of nitrogens with one attached hydrogen (secondary N) is 1. The van der Waals surface area contributed by atoms with E-state index in [4.69, 9.17) is 14.3 Å². The van der Waals surface area contributed by atoms with Gasteiger partial charge in [0.1, 0.15) is 12.0 Å². The number of hydrogen-bond acceptors (Lipinski definition) is 6. The molecular weight excluding hydrogens is 406 g/mol. The first-order valence-electron chi connectivity index (χ1n) is 11.1. The first-order valence-corrected chi connectivity index (χ1v) is 12.7. The number of aliphatic imine (C=N–C) groups is 1. The summed E-state index contributed by atoms with van der Waals surface area (Å²) in [6.07, 6.45) is 9.26. The first-order chi connectivity index (χ1) is 14.6. The standard InChI is InChI=1S/C20H35N5O4S/c1-2-21-20(22-10-16-28-19-7-5-3-4-6-8-19)24-11-13-25(14-12-24)30(26,27)17-18-9-15-29-23-18/h9,15,19H,2-8,10-14,16-17H2,1H3,(H,21,22). The van der Waals surface area contributed by atoms with E-state index in [-0.39, 0.29) is 5.75 Å². The zero-order chi connectivity index (χ0) is 21.2. The molecule has 0 radical (unpaired) electrons. The van der Waals surface area contributed by atoms with Crippen molar-refractivity contribution in [2.75, 3.05) is 45.9 Å². The van der Waals surface area contributed by atoms with Crippen molar-refractivity contribution < 1.29 is 17.7 Å². The smallest absolute Gasteiger partial charge is 0.220 e. The molecule has 1 aromatic heterocycles. The molecule has 1 aliphatic heterocycles. The fourth-order valence-corrected chi connectivity index (χ4v) is 5.40. The van der Waals surface area contributed by atoms with Gasteiger partial charge < -0.3 is 19.5 Å². The number of hydrogen-bond donors (Lipinski definition) is 1. The summed E-state index contributed by atoms with van der Waals surface area (Å²) < 4.78 is 37.5. The van der Waals surface area contributed by atoms with E-state index in [1.54, 1.807) is 6.07 Å². The second-order valence-corrected chi connectivity index (χ2v) is 9.82. The topological polar surface area (TPSA) is 100 Å². The maximum atomic E-state index is 12.6. The number of rotatable bonds is 8. The summed E-state index contributed by atoms with van der Waals surface area (Å²) in [5, 5.41) is 7.03. The van der Waals surface area contributed by atoms with Gasteiger partial charge in [0.2, 0.25) is 10.0 Å². The van der Waals surface area contributed by atoms with E-state index < -0.39 is 10.0 Å². The Morgan fingerprint density at radius 1 is 1.23 bits per heavy atom. The monoisotopic (exact) mass is 441 g/mol. The summed E-state index contributed by atoms with van der Waals surface area (Å²) in [5.74, 6) is 0.700. The third kappa shape index (κ3) is 6.95. The maximum Gasteiger partial charge on any atom is 0.220 e. The van der Waals surface area contributed by atoms with Gasteiger partial charge in [0.05, 0.1) is 24.9 Å². The van der Waals surface area contributed by atoms with Crippen molar-refractivity contribution in [2.24, 2.45) is 4.99 Å². The van der Waals surface area contributed by atoms with Crippen LogP contribution in [0.3, 0.4) is 0 Å². The van der Waals surface area contributed by atoms with Gasteiger partial charge in [0.15, 0.2) is 5.96 Å². The van der Waals surface area contributed by atoms with Crippen molar-refractivity contribution in [1.82, 2.24) is 19.7 Å². The van der Waals surface area contributed by atoms with Crippen LogP contribution in [0.5, 0.6) is 0 Å². The molecule has 2 aliphatic rings. The summed E-state index contributed by atoms with van der Waals surface area (Å²) in [4.78, 5) is 6.83. The largest absolute Gasteiger partial charge is 0.376 e. The maximum absolute atomic E-state index is 12.6. The van der Waals surface area contributed by atoms with E-state index in [0.29, 0.717) is 51.1 Å². The third-order valence-electron chi connectivity index (χ3n) is 5.60. The lowest BCUT2D eigenvalue weighted by Gasteiger charge is -2.35. The highest BCUT2D eigenvalue weighted by Gasteiger charge is 2.29. The highest BCUT2D eigenvalue weighted by atomic mass is 32.2. The molecule has 2 fully saturated rings. The van der Waals surface area contributed by atoms with E-state index in [2.05, 4.69) is 15.4 Å². The van der Waals surface area contributed by atoms with Crippen LogP contribution in [0.2, 0.25) is 0 Å². The predicted molar refractivity (Wildman–Crippen MR) is 116 cm³/mol. The number of sulfonamides is 1. The lowest BCUT2D eigenvalue weighted by atomic mass is 10.1. The zero-order valence-electron chi connectivity index (χ0n) is 18.0. The molecule has 1 saturated heterocycles. The van der Waals surface area contributed by atoms with Crippen LogP contribution in [0.1, 0.15) is 51.1 Å². The van der Waals surface area contributed by atoms with Gasteiger partial charge in [-0.1, -0.05) is 30.8 Å². The van der Waals surface area contributed by atoms with Crippen molar-refractivity contribution >= 4 is 16.0 Å². The highest BCUT2D eigenvalue weighted by molar-refractivity contribution is 7.88. The average Bonchev–Trinajstić information content (AvgIpc) is 3.10. The van der Waals surface area contributed by atoms with Gasteiger partial charge in [0, 0.05) is 38.8 Å². The van der Waals surface area contributed by atoms with Gasteiger partial charge in [-0.2, -0.15) is 4.31 Å². The van der Waals surface area contributed by atoms with E-state index >= 15 is 0 Å². The molecule has 0 bridgehead atoms. The molecule has 1 aliphatic carbocycles. The first kappa shape index (κ1) is 23.0. The minimum absolute atomic E-state index is 0.129. The van der Waals surface area contributed by atoms with Gasteiger partial charge in [0.25, 0.3) is 0 Å². The molecule has 0 amide bonds. The predicted octanol–water partition coefficient (Wildman–Crippen LogP) is 1.83. The average molecular weight is 442 g/mol. The number of aromatic nitrogens is 1. The molecule has 0 spiro atoms. The lowest BCUT2D eigenvalue weighted by Crippen LogP contribution is -2.54. The molecule has 3 rings (SSSR count). The SMILES string of the molecule is CCNC(=NCCOC1CCCCCC1)N1CCN(S(=O)(=O)Cc2ccon2)CC1. The Morgan fingerprint density at radius 3 is 2.60 bits per heavy atom. The summed E-state index contributed by atoms with van der Waals surface area (Å²) in [6, 6.07) is 1.58. The van der Waals surface area contributed by atoms with Crippen LogP contribution in [0.15, 0.2) is 21.8 Å². The Labute approximate surface area is 179 Å². The summed E-state index contributed by atoms with van der Waals surface area (Å²) in [7, 11) is -3.40. The zero-order valence-corrected chi connectivity index (χ0v) is 18.8. The fourth-order valence-electron chi connectivity index (χ4n) is 3.97. The number of guanidine groups is 1. The minimum Gasteiger partial charge on any atom is -0.376 e. The van der Waals surface area contributed by atoms with Crippen LogP contribution in [-0.4, -0.2) is 80.7 Å². The molecule has 170 valence electrons. The molecule has 10 heteroatoms. The Kier molecular flexibility index (Phi) is 8.95. The highest BCUT2D eigenvalue weighted by Crippen LogP contribution is 2.19. The van der Waals surface area contributed by atoms with Crippen LogP contribution >= 0.6 is 0 Å². The summed E-state index contributed by atoms with van der Waals surface area (Å²) in [6.45, 7) is 6.13. The van der Waals surface area contributed by atoms with Crippen LogP contribution in [0.4, 0.5) is 0 Å². The van der Waals surface area contributed by atoms with Crippen LogP contribution in [-0.2, 0) is 20.5 Å². The van der Waals surface area contributed by atoms with Gasteiger partial charge in [-0.3, -0.25) is 4.99 Å². The van der Waals surface area contributed by atoms with E-state index in [1.165, 1.54) is 36.3 Å². The molecule has 30 heavy (non-hydrogen) atoms. The number of ether oxygens (including phenoxy) is 1. The fraction of sp³-hybridized carbons (Fsp3) is 0.800. The lowest BCUT2D eigenvalue weighted by molar-refractivity contribution is 0.0486. The molecule has 0 aromatic carbocycles. The molecule has 2 heterocycles. The Morgan fingerprint density at radius 2 is 1.97 bits per heavy atom. The molecule has 1 saturated carbocycles. The van der Waals surface area contributed by atoms with Crippen LogP contribution in [0, 0.1) is 0 Å². The molecule has 9 nitrogen and oxygen atoms in total. The van der Waals surface area contributed by atoms with E-state index in [9.17, 15) is 8.42 Å². The molecule has 0 unspecified atom stereocenters. The third-order valence-corrected chi connectivity index (χ3v) is 7.41. The normalized spacial score (nSPS) is 20.3. The van der Waals surface area contributed by atoms with Crippen molar-refractivity contribution in [3.8, 4) is 0 Å². The van der Waals surface area contributed by atoms with Gasteiger partial charge in [-0.25, -0.2) is 8.42 Å². The Hall–Kier alpha value is -1.65. The van der Waals surface area contributed by atoms with Crippen LogP contribution < -0.4 is 5.32 Å². The molecule has 1 N–H and O–H groups in total. The molecular formula is C20H35N5O4S. The Bertz CT molecular complexity index is 737. The van der Waals surface area contributed by atoms with Crippen molar-refractivity contribution in [3.63, 3.8) is 0 Å². The van der Waals surface area contributed by atoms with Crippen molar-refractivity contribution in [2.45, 2.75) is 57.3 Å². The summed E-state index contributed by atoms with van der Waals surface area (Å²) in [5.41, 5.74) is 0.431. The summed E-state index contributed by atoms with van der Waals surface area (Å²) >= 11 is 0. The minimum atomic E-state index is -3.40. The Balaban J connectivity index is 1.46. The van der Waals surface area contributed by atoms with Gasteiger partial charge in [-0.15, -0.1) is 0 Å². The van der Waals surface area contributed by atoms with E-state index in [1.807, 2.05) is 6.92 Å². The molecule has 0 atom stereocenters. The van der Waals surface area contributed by atoms with Gasteiger partial charge in [-0.05, 0) is 19.8 Å². The number of piperazine rings is 1. The van der Waals surface area contributed by atoms with Crippen molar-refractivity contribution in [3.05, 3.63) is 18.0 Å².